The van der Waals surface area contributed by atoms with Crippen LogP contribution in [0.2, 0.25) is 0 Å². The van der Waals surface area contributed by atoms with Gasteiger partial charge in [-0.15, -0.1) is 0 Å². The predicted octanol–water partition coefficient (Wildman–Crippen LogP) is 4.59. The van der Waals surface area contributed by atoms with Crippen molar-refractivity contribution in [1.82, 2.24) is 9.55 Å². The van der Waals surface area contributed by atoms with Gasteiger partial charge in [-0.1, -0.05) is 57.2 Å². The molecule has 2 aromatic carbocycles. The molecule has 0 spiro atoms. The van der Waals surface area contributed by atoms with E-state index in [-0.39, 0.29) is 11.2 Å². The van der Waals surface area contributed by atoms with E-state index >= 15 is 0 Å². The third-order valence-corrected chi connectivity index (χ3v) is 4.04. The van der Waals surface area contributed by atoms with Gasteiger partial charge >= 0.3 is 0 Å². The Morgan fingerprint density at radius 1 is 1.04 bits per heavy atom. The summed E-state index contributed by atoms with van der Waals surface area (Å²) >= 11 is 0. The maximum absolute atomic E-state index is 11.7. The van der Waals surface area contributed by atoms with Gasteiger partial charge in [0.1, 0.15) is 11.6 Å². The topological polar surface area (TPSA) is 34.9 Å². The van der Waals surface area contributed by atoms with Crippen LogP contribution < -0.4 is 0 Å². The van der Waals surface area contributed by atoms with Crippen molar-refractivity contribution < 1.29 is 4.79 Å². The van der Waals surface area contributed by atoms with Crippen molar-refractivity contribution in [3.8, 4) is 11.4 Å². The SMILES string of the molecule is CC(=O)Cn1c(-c2ccc(C(C)(C)C)cc2)nc2ccccc21. The fourth-order valence-corrected chi connectivity index (χ4v) is 2.80. The monoisotopic (exact) mass is 306 g/mol. The molecule has 3 aromatic rings. The van der Waals surface area contributed by atoms with Crippen LogP contribution >= 0.6 is 0 Å². The summed E-state index contributed by atoms with van der Waals surface area (Å²) in [6.45, 7) is 8.56. The van der Waals surface area contributed by atoms with Crippen LogP contribution in [0.1, 0.15) is 33.3 Å². The molecular weight excluding hydrogens is 284 g/mol. The van der Waals surface area contributed by atoms with Crippen molar-refractivity contribution in [1.29, 1.82) is 0 Å². The molecule has 0 radical (unpaired) electrons. The summed E-state index contributed by atoms with van der Waals surface area (Å²) in [6.07, 6.45) is 0. The lowest BCUT2D eigenvalue weighted by Gasteiger charge is -2.19. The average Bonchev–Trinajstić information content (AvgIpc) is 2.85. The molecule has 118 valence electrons. The normalized spacial score (nSPS) is 11.8. The van der Waals surface area contributed by atoms with Crippen molar-refractivity contribution in [3.63, 3.8) is 0 Å². The van der Waals surface area contributed by atoms with Crippen LogP contribution in [0.3, 0.4) is 0 Å². The molecule has 0 saturated carbocycles. The van der Waals surface area contributed by atoms with E-state index in [0.29, 0.717) is 6.54 Å². The van der Waals surface area contributed by atoms with Crippen molar-refractivity contribution in [3.05, 3.63) is 54.1 Å². The number of rotatable bonds is 3. The third-order valence-electron chi connectivity index (χ3n) is 4.04. The van der Waals surface area contributed by atoms with Gasteiger partial charge in [0.05, 0.1) is 17.6 Å². The highest BCUT2D eigenvalue weighted by Crippen LogP contribution is 2.28. The van der Waals surface area contributed by atoms with Gasteiger partial charge in [-0.05, 0) is 30.0 Å². The molecule has 0 atom stereocenters. The molecule has 3 rings (SSSR count). The Kier molecular flexibility index (Phi) is 3.80. The lowest BCUT2D eigenvalue weighted by atomic mass is 9.87. The van der Waals surface area contributed by atoms with Gasteiger partial charge in [0.2, 0.25) is 0 Å². The molecule has 3 nitrogen and oxygen atoms in total. The zero-order valence-corrected chi connectivity index (χ0v) is 14.1. The molecule has 0 saturated heterocycles. The number of hydrogen-bond acceptors (Lipinski definition) is 2. The van der Waals surface area contributed by atoms with Crippen LogP contribution in [-0.4, -0.2) is 15.3 Å². The van der Waals surface area contributed by atoms with Gasteiger partial charge in [-0.3, -0.25) is 4.79 Å². The highest BCUT2D eigenvalue weighted by molar-refractivity contribution is 5.84. The number of nitrogens with zero attached hydrogens (tertiary/aromatic N) is 2. The first-order chi connectivity index (χ1) is 10.9. The van der Waals surface area contributed by atoms with Crippen molar-refractivity contribution in [2.45, 2.75) is 39.7 Å². The fraction of sp³-hybridized carbons (Fsp3) is 0.300. The Morgan fingerprint density at radius 3 is 2.30 bits per heavy atom. The van der Waals surface area contributed by atoms with Crippen LogP contribution in [-0.2, 0) is 16.8 Å². The third kappa shape index (κ3) is 3.04. The standard InChI is InChI=1S/C20H22N2O/c1-14(23)13-22-18-8-6-5-7-17(18)21-19(22)15-9-11-16(12-10-15)20(2,3)4/h5-12H,13H2,1-4H3. The summed E-state index contributed by atoms with van der Waals surface area (Å²) in [4.78, 5) is 16.4. The zero-order chi connectivity index (χ0) is 16.6. The molecule has 0 amide bonds. The molecule has 0 unspecified atom stereocenters. The molecule has 0 aliphatic heterocycles. The molecule has 3 heteroatoms. The molecule has 0 fully saturated rings. The minimum Gasteiger partial charge on any atom is -0.316 e. The zero-order valence-electron chi connectivity index (χ0n) is 14.1. The highest BCUT2D eigenvalue weighted by Gasteiger charge is 2.16. The second-order valence-corrected chi connectivity index (χ2v) is 7.04. The van der Waals surface area contributed by atoms with E-state index in [4.69, 9.17) is 4.98 Å². The lowest BCUT2D eigenvalue weighted by Crippen LogP contribution is -2.11. The van der Waals surface area contributed by atoms with Gasteiger partial charge in [-0.25, -0.2) is 4.98 Å². The van der Waals surface area contributed by atoms with Crippen LogP contribution in [0.15, 0.2) is 48.5 Å². The molecule has 0 aliphatic carbocycles. The lowest BCUT2D eigenvalue weighted by molar-refractivity contribution is -0.117. The summed E-state index contributed by atoms with van der Waals surface area (Å²) in [5.41, 5.74) is 4.37. The van der Waals surface area contributed by atoms with Crippen molar-refractivity contribution >= 4 is 16.8 Å². The number of carbonyl (C=O) groups excluding carboxylic acids is 1. The number of carbonyl (C=O) groups is 1. The number of para-hydroxylation sites is 2. The Balaban J connectivity index is 2.13. The Bertz CT molecular complexity index is 851. The van der Waals surface area contributed by atoms with Crippen LogP contribution in [0.4, 0.5) is 0 Å². The molecular formula is C20H22N2O. The first-order valence-corrected chi connectivity index (χ1v) is 7.92. The number of ketones is 1. The summed E-state index contributed by atoms with van der Waals surface area (Å²) in [5, 5.41) is 0. The number of imidazole rings is 1. The largest absolute Gasteiger partial charge is 0.316 e. The first-order valence-electron chi connectivity index (χ1n) is 7.92. The first kappa shape index (κ1) is 15.5. The second-order valence-electron chi connectivity index (χ2n) is 7.04. The van der Waals surface area contributed by atoms with Crippen molar-refractivity contribution in [2.75, 3.05) is 0 Å². The van der Waals surface area contributed by atoms with E-state index < -0.39 is 0 Å². The van der Waals surface area contributed by atoms with Gasteiger partial charge in [0, 0.05) is 5.56 Å². The molecule has 1 aromatic heterocycles. The maximum atomic E-state index is 11.7. The van der Waals surface area contributed by atoms with Gasteiger partial charge in [0.25, 0.3) is 0 Å². The molecule has 0 bridgehead atoms. The highest BCUT2D eigenvalue weighted by atomic mass is 16.1. The van der Waals surface area contributed by atoms with Gasteiger partial charge in [0.15, 0.2) is 0 Å². The van der Waals surface area contributed by atoms with E-state index in [0.717, 1.165) is 22.4 Å². The average molecular weight is 306 g/mol. The van der Waals surface area contributed by atoms with E-state index in [1.165, 1.54) is 5.56 Å². The van der Waals surface area contributed by atoms with E-state index in [1.807, 2.05) is 28.8 Å². The minimum absolute atomic E-state index is 0.123. The molecule has 0 aliphatic rings. The number of fused-ring (bicyclic) bond motifs is 1. The van der Waals surface area contributed by atoms with Gasteiger partial charge < -0.3 is 4.57 Å². The summed E-state index contributed by atoms with van der Waals surface area (Å²) < 4.78 is 2.00. The Hall–Kier alpha value is -2.42. The molecule has 23 heavy (non-hydrogen) atoms. The quantitative estimate of drug-likeness (QED) is 0.709. The maximum Gasteiger partial charge on any atom is 0.149 e. The van der Waals surface area contributed by atoms with E-state index in [9.17, 15) is 4.79 Å². The summed E-state index contributed by atoms with van der Waals surface area (Å²) in [5.74, 6) is 0.975. The van der Waals surface area contributed by atoms with Gasteiger partial charge in [-0.2, -0.15) is 0 Å². The summed E-state index contributed by atoms with van der Waals surface area (Å²) in [6, 6.07) is 16.4. The van der Waals surface area contributed by atoms with E-state index in [1.54, 1.807) is 6.92 Å². The van der Waals surface area contributed by atoms with E-state index in [2.05, 4.69) is 45.0 Å². The predicted molar refractivity (Wildman–Crippen MR) is 94.6 cm³/mol. The fourth-order valence-electron chi connectivity index (χ4n) is 2.80. The Labute approximate surface area is 137 Å². The Morgan fingerprint density at radius 2 is 1.70 bits per heavy atom. The number of benzene rings is 2. The number of hydrogen-bond donors (Lipinski definition) is 0. The molecule has 1 heterocycles. The van der Waals surface area contributed by atoms with Crippen LogP contribution in [0.5, 0.6) is 0 Å². The summed E-state index contributed by atoms with van der Waals surface area (Å²) in [7, 11) is 0. The number of aromatic nitrogens is 2. The van der Waals surface area contributed by atoms with Crippen LogP contribution in [0, 0.1) is 0 Å². The minimum atomic E-state index is 0.123. The second kappa shape index (κ2) is 5.65. The van der Waals surface area contributed by atoms with Crippen LogP contribution in [0.25, 0.3) is 22.4 Å². The smallest absolute Gasteiger partial charge is 0.149 e. The molecule has 0 N–H and O–H groups in total. The van der Waals surface area contributed by atoms with Crippen molar-refractivity contribution in [2.24, 2.45) is 0 Å². The number of Topliss-reactive ketones (excluding diaryl/α,β-unsaturated/α-hetero) is 1.